The van der Waals surface area contributed by atoms with E-state index >= 15 is 0 Å². The molecule has 1 aromatic heterocycles. The van der Waals surface area contributed by atoms with Gasteiger partial charge in [-0.25, -0.2) is 0 Å². The molecule has 0 saturated heterocycles. The normalized spacial score (nSPS) is 10.8. The van der Waals surface area contributed by atoms with Gasteiger partial charge in [0.2, 0.25) is 0 Å². The summed E-state index contributed by atoms with van der Waals surface area (Å²) in [6, 6.07) is 16.6. The third kappa shape index (κ3) is 2.93. The molecule has 2 aromatic carbocycles. The summed E-state index contributed by atoms with van der Waals surface area (Å²) in [6.45, 7) is 4.14. The minimum atomic E-state index is 0.841. The van der Waals surface area contributed by atoms with Crippen molar-refractivity contribution in [3.05, 3.63) is 75.4 Å². The summed E-state index contributed by atoms with van der Waals surface area (Å²) in [5, 5.41) is 4.15. The van der Waals surface area contributed by atoms with Gasteiger partial charge in [-0.2, -0.15) is 0 Å². The zero-order chi connectivity index (χ0) is 14.8. The molecule has 0 aliphatic carbocycles. The number of nitrogens with zero attached hydrogens (tertiary/aromatic N) is 1. The van der Waals surface area contributed by atoms with Crippen LogP contribution in [0.15, 0.2) is 57.5 Å². The summed E-state index contributed by atoms with van der Waals surface area (Å²) in [5.74, 6) is 0.864. The summed E-state index contributed by atoms with van der Waals surface area (Å²) >= 11 is 3.46. The maximum atomic E-state index is 5.57. The Kier molecular flexibility index (Phi) is 3.93. The molecule has 3 heteroatoms. The van der Waals surface area contributed by atoms with E-state index in [4.69, 9.17) is 4.52 Å². The Morgan fingerprint density at radius 1 is 1.00 bits per heavy atom. The fourth-order valence-corrected chi connectivity index (χ4v) is 2.69. The van der Waals surface area contributed by atoms with Gasteiger partial charge in [0.25, 0.3) is 0 Å². The summed E-state index contributed by atoms with van der Waals surface area (Å²) in [6.07, 6.45) is 0.841. The maximum Gasteiger partial charge on any atom is 0.170 e. The lowest BCUT2D eigenvalue weighted by Crippen LogP contribution is -1.94. The average Bonchev–Trinajstić information content (AvgIpc) is 2.84. The second-order valence-corrected chi connectivity index (χ2v) is 6.10. The molecule has 2 nitrogen and oxygen atoms in total. The van der Waals surface area contributed by atoms with Crippen molar-refractivity contribution in [2.24, 2.45) is 0 Å². The van der Waals surface area contributed by atoms with Gasteiger partial charge in [-0.15, -0.1) is 0 Å². The molecule has 0 fully saturated rings. The van der Waals surface area contributed by atoms with E-state index in [0.29, 0.717) is 0 Å². The Balaban J connectivity index is 2.01. The van der Waals surface area contributed by atoms with Crippen LogP contribution in [0.3, 0.4) is 0 Å². The van der Waals surface area contributed by atoms with Crippen molar-refractivity contribution in [3.8, 4) is 11.3 Å². The van der Waals surface area contributed by atoms with Crippen molar-refractivity contribution in [1.82, 2.24) is 5.16 Å². The van der Waals surface area contributed by atoms with Crippen LogP contribution in [-0.4, -0.2) is 5.16 Å². The van der Waals surface area contributed by atoms with E-state index in [2.05, 4.69) is 52.3 Å². The summed E-state index contributed by atoms with van der Waals surface area (Å²) in [5.41, 5.74) is 5.77. The van der Waals surface area contributed by atoms with Crippen molar-refractivity contribution < 1.29 is 4.52 Å². The fraction of sp³-hybridized carbons (Fsp3) is 0.167. The summed E-state index contributed by atoms with van der Waals surface area (Å²) in [4.78, 5) is 0. The van der Waals surface area contributed by atoms with E-state index in [9.17, 15) is 0 Å². The second-order valence-electron chi connectivity index (χ2n) is 5.19. The topological polar surface area (TPSA) is 26.0 Å². The van der Waals surface area contributed by atoms with Gasteiger partial charge in [0, 0.05) is 22.0 Å². The second kappa shape index (κ2) is 5.86. The molecular weight excluding hydrogens is 326 g/mol. The van der Waals surface area contributed by atoms with Gasteiger partial charge >= 0.3 is 0 Å². The van der Waals surface area contributed by atoms with E-state index in [1.807, 2.05) is 31.2 Å². The standard InChI is InChI=1S/C18H16BrNO/c1-12-5-3-4-6-15(12)11-17-13(2)20-21-18(17)14-7-9-16(19)10-8-14/h3-10H,11H2,1-2H3. The first-order valence-corrected chi connectivity index (χ1v) is 7.70. The van der Waals surface area contributed by atoms with Crippen molar-refractivity contribution in [2.45, 2.75) is 20.3 Å². The predicted molar refractivity (Wildman–Crippen MR) is 88.4 cm³/mol. The minimum absolute atomic E-state index is 0.841. The average molecular weight is 342 g/mol. The van der Waals surface area contributed by atoms with Gasteiger partial charge in [0.1, 0.15) is 0 Å². The highest BCUT2D eigenvalue weighted by Gasteiger charge is 2.16. The van der Waals surface area contributed by atoms with Crippen LogP contribution in [0.1, 0.15) is 22.4 Å². The van der Waals surface area contributed by atoms with Gasteiger partial charge in [-0.3, -0.25) is 0 Å². The van der Waals surface area contributed by atoms with E-state index in [-0.39, 0.29) is 0 Å². The first-order valence-electron chi connectivity index (χ1n) is 6.91. The first-order chi connectivity index (χ1) is 10.1. The van der Waals surface area contributed by atoms with Crippen molar-refractivity contribution in [1.29, 1.82) is 0 Å². The number of halogens is 1. The SMILES string of the molecule is Cc1ccccc1Cc1c(C)noc1-c1ccc(Br)cc1. The number of hydrogen-bond donors (Lipinski definition) is 0. The van der Waals surface area contributed by atoms with Crippen LogP contribution in [0.25, 0.3) is 11.3 Å². The number of hydrogen-bond acceptors (Lipinski definition) is 2. The number of rotatable bonds is 3. The van der Waals surface area contributed by atoms with Crippen LogP contribution >= 0.6 is 15.9 Å². The van der Waals surface area contributed by atoms with E-state index in [1.54, 1.807) is 0 Å². The predicted octanol–water partition coefficient (Wildman–Crippen LogP) is 5.31. The molecule has 0 aliphatic heterocycles. The molecule has 0 spiro atoms. The monoisotopic (exact) mass is 341 g/mol. The molecule has 0 unspecified atom stereocenters. The molecule has 3 rings (SSSR count). The lowest BCUT2D eigenvalue weighted by Gasteiger charge is -2.06. The molecule has 0 aliphatic rings. The molecule has 0 atom stereocenters. The fourth-order valence-electron chi connectivity index (χ4n) is 2.42. The molecule has 3 aromatic rings. The van der Waals surface area contributed by atoms with E-state index < -0.39 is 0 Å². The van der Waals surface area contributed by atoms with Crippen LogP contribution < -0.4 is 0 Å². The first kappa shape index (κ1) is 14.1. The molecule has 0 radical (unpaired) electrons. The maximum absolute atomic E-state index is 5.57. The number of benzene rings is 2. The minimum Gasteiger partial charge on any atom is -0.356 e. The van der Waals surface area contributed by atoms with Crippen LogP contribution in [0.5, 0.6) is 0 Å². The Hall–Kier alpha value is -1.87. The van der Waals surface area contributed by atoms with E-state index in [0.717, 1.165) is 33.5 Å². The van der Waals surface area contributed by atoms with Crippen molar-refractivity contribution >= 4 is 15.9 Å². The Labute approximate surface area is 132 Å². The van der Waals surface area contributed by atoms with E-state index in [1.165, 1.54) is 11.1 Å². The van der Waals surface area contributed by atoms with Crippen LogP contribution in [0.2, 0.25) is 0 Å². The molecule has 0 amide bonds. The highest BCUT2D eigenvalue weighted by Crippen LogP contribution is 2.29. The van der Waals surface area contributed by atoms with Crippen LogP contribution in [-0.2, 0) is 6.42 Å². The molecule has 106 valence electrons. The largest absolute Gasteiger partial charge is 0.356 e. The molecule has 1 heterocycles. The zero-order valence-corrected chi connectivity index (χ0v) is 13.6. The Bertz CT molecular complexity index is 759. The smallest absolute Gasteiger partial charge is 0.170 e. The highest BCUT2D eigenvalue weighted by molar-refractivity contribution is 9.10. The molecular formula is C18H16BrNO. The van der Waals surface area contributed by atoms with Gasteiger partial charge < -0.3 is 4.52 Å². The zero-order valence-electron chi connectivity index (χ0n) is 12.1. The molecule has 0 bridgehead atoms. The van der Waals surface area contributed by atoms with Crippen LogP contribution in [0, 0.1) is 13.8 Å². The van der Waals surface area contributed by atoms with Gasteiger partial charge in [-0.1, -0.05) is 57.5 Å². The summed E-state index contributed by atoms with van der Waals surface area (Å²) < 4.78 is 6.63. The van der Waals surface area contributed by atoms with Crippen LogP contribution in [0.4, 0.5) is 0 Å². The lowest BCUT2D eigenvalue weighted by atomic mass is 9.97. The summed E-state index contributed by atoms with van der Waals surface area (Å²) in [7, 11) is 0. The third-order valence-corrected chi connectivity index (χ3v) is 4.25. The van der Waals surface area contributed by atoms with Crippen molar-refractivity contribution in [2.75, 3.05) is 0 Å². The molecule has 21 heavy (non-hydrogen) atoms. The lowest BCUT2D eigenvalue weighted by molar-refractivity contribution is 0.426. The van der Waals surface area contributed by atoms with Gasteiger partial charge in [0.15, 0.2) is 5.76 Å². The van der Waals surface area contributed by atoms with Gasteiger partial charge in [-0.05, 0) is 37.1 Å². The third-order valence-electron chi connectivity index (χ3n) is 3.72. The highest BCUT2D eigenvalue weighted by atomic mass is 79.9. The number of aromatic nitrogens is 1. The number of aryl methyl sites for hydroxylation is 2. The Morgan fingerprint density at radius 2 is 1.71 bits per heavy atom. The Morgan fingerprint density at radius 3 is 2.43 bits per heavy atom. The van der Waals surface area contributed by atoms with Gasteiger partial charge in [0.05, 0.1) is 5.69 Å². The van der Waals surface area contributed by atoms with Crippen molar-refractivity contribution in [3.63, 3.8) is 0 Å². The quantitative estimate of drug-likeness (QED) is 0.644. The molecule has 0 N–H and O–H groups in total. The molecule has 0 saturated carbocycles.